The molecule has 0 bridgehead atoms. The summed E-state index contributed by atoms with van der Waals surface area (Å²) in [5, 5.41) is 0. The van der Waals surface area contributed by atoms with E-state index < -0.39 is 0 Å². The van der Waals surface area contributed by atoms with Crippen LogP contribution in [-0.2, 0) is 4.79 Å². The highest BCUT2D eigenvalue weighted by molar-refractivity contribution is 5.92. The Kier molecular flexibility index (Phi) is 2.33. The Morgan fingerprint density at radius 3 is 2.40 bits per heavy atom. The van der Waals surface area contributed by atoms with Crippen molar-refractivity contribution in [2.45, 2.75) is 53.4 Å². The molecule has 2 rings (SSSR count). The molecule has 2 atom stereocenters. The summed E-state index contributed by atoms with van der Waals surface area (Å²) in [5.41, 5.74) is 1.45. The van der Waals surface area contributed by atoms with Gasteiger partial charge >= 0.3 is 0 Å². The summed E-state index contributed by atoms with van der Waals surface area (Å²) < 4.78 is 0. The van der Waals surface area contributed by atoms with Crippen LogP contribution in [0.5, 0.6) is 0 Å². The highest BCUT2D eigenvalue weighted by Gasteiger charge is 2.52. The second-order valence-corrected chi connectivity index (χ2v) is 6.33. The molecule has 1 saturated carbocycles. The third kappa shape index (κ3) is 1.47. The fourth-order valence-corrected chi connectivity index (χ4v) is 3.37. The van der Waals surface area contributed by atoms with Crippen LogP contribution in [0.25, 0.3) is 0 Å². The number of hydrogen-bond donors (Lipinski definition) is 0. The van der Waals surface area contributed by atoms with E-state index >= 15 is 0 Å². The van der Waals surface area contributed by atoms with Gasteiger partial charge in [0.1, 0.15) is 5.78 Å². The lowest BCUT2D eigenvalue weighted by Crippen LogP contribution is -2.33. The molecule has 0 aliphatic heterocycles. The van der Waals surface area contributed by atoms with E-state index in [1.54, 1.807) is 0 Å². The first-order chi connectivity index (χ1) is 6.88. The lowest BCUT2D eigenvalue weighted by molar-refractivity contribution is -0.129. The Morgan fingerprint density at radius 2 is 2.00 bits per heavy atom. The molecular weight excluding hydrogens is 184 g/mol. The SMILES string of the molecule is CC1=CCC[C@]12CC[C@@H](C(C)(C)C)C2=O. The highest BCUT2D eigenvalue weighted by Crippen LogP contribution is 2.54. The summed E-state index contributed by atoms with van der Waals surface area (Å²) >= 11 is 0. The van der Waals surface area contributed by atoms with Crippen LogP contribution in [-0.4, -0.2) is 5.78 Å². The van der Waals surface area contributed by atoms with Crippen molar-refractivity contribution in [3.63, 3.8) is 0 Å². The summed E-state index contributed by atoms with van der Waals surface area (Å²) in [7, 11) is 0. The topological polar surface area (TPSA) is 17.1 Å². The lowest BCUT2D eigenvalue weighted by Gasteiger charge is -2.29. The number of allylic oxidation sites excluding steroid dienone is 2. The van der Waals surface area contributed by atoms with Crippen LogP contribution >= 0.6 is 0 Å². The van der Waals surface area contributed by atoms with Crippen LogP contribution in [0.3, 0.4) is 0 Å². The lowest BCUT2D eigenvalue weighted by atomic mass is 9.73. The minimum atomic E-state index is -0.0437. The first-order valence-electron chi connectivity index (χ1n) is 6.09. The molecule has 0 radical (unpaired) electrons. The van der Waals surface area contributed by atoms with E-state index in [4.69, 9.17) is 0 Å². The van der Waals surface area contributed by atoms with Gasteiger partial charge in [0, 0.05) is 5.92 Å². The second-order valence-electron chi connectivity index (χ2n) is 6.33. The molecule has 0 unspecified atom stereocenters. The predicted octanol–water partition coefficient (Wildman–Crippen LogP) is 3.74. The first kappa shape index (κ1) is 10.9. The molecule has 0 heterocycles. The normalized spacial score (nSPS) is 36.4. The van der Waals surface area contributed by atoms with Gasteiger partial charge in [0.25, 0.3) is 0 Å². The van der Waals surface area contributed by atoms with E-state index in [-0.39, 0.29) is 16.7 Å². The maximum Gasteiger partial charge on any atom is 0.146 e. The quantitative estimate of drug-likeness (QED) is 0.552. The first-order valence-corrected chi connectivity index (χ1v) is 6.09. The van der Waals surface area contributed by atoms with Gasteiger partial charge in [0.05, 0.1) is 5.41 Å². The minimum absolute atomic E-state index is 0.0437. The van der Waals surface area contributed by atoms with Crippen molar-refractivity contribution in [3.05, 3.63) is 11.6 Å². The van der Waals surface area contributed by atoms with E-state index in [0.717, 1.165) is 25.7 Å². The van der Waals surface area contributed by atoms with E-state index in [0.29, 0.717) is 5.78 Å². The van der Waals surface area contributed by atoms with E-state index in [9.17, 15) is 4.79 Å². The Morgan fingerprint density at radius 1 is 1.33 bits per heavy atom. The molecule has 2 aliphatic rings. The van der Waals surface area contributed by atoms with Crippen molar-refractivity contribution in [2.75, 3.05) is 0 Å². The van der Waals surface area contributed by atoms with Crippen LogP contribution in [0.2, 0.25) is 0 Å². The van der Waals surface area contributed by atoms with Gasteiger partial charge in [-0.05, 0) is 38.0 Å². The number of rotatable bonds is 0. The van der Waals surface area contributed by atoms with Gasteiger partial charge in [-0.3, -0.25) is 4.79 Å². The number of Topliss-reactive ketones (excluding diaryl/α,β-unsaturated/α-hetero) is 1. The third-order valence-corrected chi connectivity index (χ3v) is 4.47. The molecule has 15 heavy (non-hydrogen) atoms. The van der Waals surface area contributed by atoms with Crippen LogP contribution < -0.4 is 0 Å². The summed E-state index contributed by atoms with van der Waals surface area (Å²) in [6, 6.07) is 0. The highest BCUT2D eigenvalue weighted by atomic mass is 16.1. The smallest absolute Gasteiger partial charge is 0.146 e. The number of carbonyl (C=O) groups excluding carboxylic acids is 1. The molecule has 0 aromatic carbocycles. The van der Waals surface area contributed by atoms with Crippen molar-refractivity contribution in [2.24, 2.45) is 16.7 Å². The van der Waals surface area contributed by atoms with Crippen LogP contribution in [0.15, 0.2) is 11.6 Å². The van der Waals surface area contributed by atoms with Crippen LogP contribution in [0.1, 0.15) is 53.4 Å². The van der Waals surface area contributed by atoms with E-state index in [2.05, 4.69) is 33.8 Å². The van der Waals surface area contributed by atoms with E-state index in [1.165, 1.54) is 5.57 Å². The average molecular weight is 206 g/mol. The molecule has 0 saturated heterocycles. The van der Waals surface area contributed by atoms with Crippen LogP contribution in [0.4, 0.5) is 0 Å². The van der Waals surface area contributed by atoms with Gasteiger partial charge in [-0.15, -0.1) is 0 Å². The molecular formula is C14H22O. The molecule has 0 N–H and O–H groups in total. The van der Waals surface area contributed by atoms with E-state index in [1.807, 2.05) is 0 Å². The fraction of sp³-hybridized carbons (Fsp3) is 0.786. The molecule has 1 heteroatoms. The molecule has 0 aromatic heterocycles. The molecule has 1 fully saturated rings. The third-order valence-electron chi connectivity index (χ3n) is 4.47. The summed E-state index contributed by atoms with van der Waals surface area (Å²) in [6.07, 6.45) is 6.63. The predicted molar refractivity (Wildman–Crippen MR) is 62.6 cm³/mol. The van der Waals surface area contributed by atoms with Crippen molar-refractivity contribution in [1.29, 1.82) is 0 Å². The molecule has 1 spiro atoms. The number of ketones is 1. The van der Waals surface area contributed by atoms with Gasteiger partial charge in [0.2, 0.25) is 0 Å². The van der Waals surface area contributed by atoms with Crippen molar-refractivity contribution >= 4 is 5.78 Å². The second kappa shape index (κ2) is 3.20. The van der Waals surface area contributed by atoms with Crippen molar-refractivity contribution < 1.29 is 4.79 Å². The Hall–Kier alpha value is -0.590. The maximum atomic E-state index is 12.5. The monoisotopic (exact) mass is 206 g/mol. The average Bonchev–Trinajstić information content (AvgIpc) is 2.61. The maximum absolute atomic E-state index is 12.5. The standard InChI is InChI=1S/C14H22O/c1-10-6-5-8-14(10)9-7-11(12(14)15)13(2,3)4/h6,11H,5,7-9H2,1-4H3/t11-,14+/m1/s1. The molecule has 0 aromatic rings. The molecule has 84 valence electrons. The van der Waals surface area contributed by atoms with Gasteiger partial charge in [-0.1, -0.05) is 32.4 Å². The molecule has 1 nitrogen and oxygen atoms in total. The number of hydrogen-bond acceptors (Lipinski definition) is 1. The zero-order valence-corrected chi connectivity index (χ0v) is 10.4. The summed E-state index contributed by atoms with van der Waals surface area (Å²) in [4.78, 5) is 12.5. The minimum Gasteiger partial charge on any atom is -0.298 e. The molecule has 0 amide bonds. The van der Waals surface area contributed by atoms with Crippen molar-refractivity contribution in [3.8, 4) is 0 Å². The largest absolute Gasteiger partial charge is 0.298 e. The van der Waals surface area contributed by atoms with Crippen molar-refractivity contribution in [1.82, 2.24) is 0 Å². The van der Waals surface area contributed by atoms with Gasteiger partial charge < -0.3 is 0 Å². The Bertz CT molecular complexity index is 319. The number of carbonyl (C=O) groups is 1. The zero-order valence-electron chi connectivity index (χ0n) is 10.4. The van der Waals surface area contributed by atoms with Gasteiger partial charge in [0.15, 0.2) is 0 Å². The van der Waals surface area contributed by atoms with Crippen LogP contribution in [0, 0.1) is 16.7 Å². The summed E-state index contributed by atoms with van der Waals surface area (Å²) in [6.45, 7) is 8.74. The van der Waals surface area contributed by atoms with Gasteiger partial charge in [-0.25, -0.2) is 0 Å². The Balaban J connectivity index is 2.29. The summed E-state index contributed by atoms with van der Waals surface area (Å²) in [5.74, 6) is 0.806. The molecule has 2 aliphatic carbocycles. The Labute approximate surface area is 92.9 Å². The van der Waals surface area contributed by atoms with Gasteiger partial charge in [-0.2, -0.15) is 0 Å². The fourth-order valence-electron chi connectivity index (χ4n) is 3.37. The zero-order chi connectivity index (χ0) is 11.3.